The Morgan fingerprint density at radius 1 is 0.962 bits per heavy atom. The standard InChI is InChI=1S/C39H38Cl2N6O6/c1-51-36-24(16-42-19-26-10-12-33(48)45-26)9-11-31(46-36)30-8-4-7-29(35(30)41)28-6-3-5-27(34(28)40)23-13-14-47-32(15-23)44-18-25(37(47)49)17-43-20-39(21-53-22-39)38(50)52-2/h3-9,11,13-15,18,26,42-43H,10,12,16-17,19-22H2,1-2H3,(H,45,48)/t26-/m1/s1. The van der Waals surface area contributed by atoms with Crippen LogP contribution in [0, 0.1) is 5.41 Å². The molecule has 0 saturated carbocycles. The molecule has 2 aromatic carbocycles. The molecular formula is C39H38Cl2N6O6. The van der Waals surface area contributed by atoms with Gasteiger partial charge in [-0.05, 0) is 30.2 Å². The number of benzene rings is 2. The number of amides is 1. The number of ether oxygens (including phenoxy) is 3. The Balaban J connectivity index is 1.10. The van der Waals surface area contributed by atoms with Crippen LogP contribution in [-0.4, -0.2) is 72.8 Å². The van der Waals surface area contributed by atoms with Gasteiger partial charge in [0.25, 0.3) is 5.56 Å². The fourth-order valence-electron chi connectivity index (χ4n) is 6.74. The van der Waals surface area contributed by atoms with Crippen molar-refractivity contribution in [2.45, 2.75) is 32.0 Å². The molecule has 3 aromatic heterocycles. The number of carbonyl (C=O) groups is 2. The van der Waals surface area contributed by atoms with Crippen LogP contribution >= 0.6 is 23.2 Å². The van der Waals surface area contributed by atoms with Crippen molar-refractivity contribution in [1.82, 2.24) is 30.3 Å². The molecule has 0 bridgehead atoms. The highest BCUT2D eigenvalue weighted by molar-refractivity contribution is 6.39. The zero-order valence-corrected chi connectivity index (χ0v) is 30.7. The third-order valence-corrected chi connectivity index (χ3v) is 10.5. The molecule has 0 aliphatic carbocycles. The Morgan fingerprint density at radius 2 is 1.68 bits per heavy atom. The van der Waals surface area contributed by atoms with Crippen LogP contribution in [0.3, 0.4) is 0 Å². The van der Waals surface area contributed by atoms with Gasteiger partial charge in [-0.2, -0.15) is 0 Å². The predicted octanol–water partition coefficient (Wildman–Crippen LogP) is 5.05. The average Bonchev–Trinajstić information content (AvgIpc) is 3.58. The Hall–Kier alpha value is -4.85. The van der Waals surface area contributed by atoms with Gasteiger partial charge in [-0.25, -0.2) is 9.97 Å². The van der Waals surface area contributed by atoms with E-state index < -0.39 is 5.41 Å². The maximum atomic E-state index is 13.4. The number of methoxy groups -OCH3 is 2. The van der Waals surface area contributed by atoms with Crippen LogP contribution in [0.4, 0.5) is 0 Å². The minimum absolute atomic E-state index is 0.0877. The van der Waals surface area contributed by atoms with Crippen molar-refractivity contribution in [3.8, 4) is 39.4 Å². The number of hydrogen-bond donors (Lipinski definition) is 3. The minimum Gasteiger partial charge on any atom is -0.481 e. The van der Waals surface area contributed by atoms with Crippen LogP contribution in [0.15, 0.2) is 77.9 Å². The molecule has 2 aliphatic rings. The first-order valence-electron chi connectivity index (χ1n) is 17.2. The molecule has 14 heteroatoms. The smallest absolute Gasteiger partial charge is 0.317 e. The van der Waals surface area contributed by atoms with E-state index >= 15 is 0 Å². The highest BCUT2D eigenvalue weighted by atomic mass is 35.5. The molecule has 5 aromatic rings. The number of aromatic nitrogens is 3. The van der Waals surface area contributed by atoms with Gasteiger partial charge in [0.15, 0.2) is 0 Å². The summed E-state index contributed by atoms with van der Waals surface area (Å²) in [4.78, 5) is 46.4. The highest BCUT2D eigenvalue weighted by Gasteiger charge is 2.46. The number of rotatable bonds is 13. The van der Waals surface area contributed by atoms with Gasteiger partial charge in [0.05, 0.1) is 43.2 Å². The Kier molecular flexibility index (Phi) is 10.8. The summed E-state index contributed by atoms with van der Waals surface area (Å²) in [6.45, 7) is 2.29. The predicted molar refractivity (Wildman–Crippen MR) is 202 cm³/mol. The van der Waals surface area contributed by atoms with Gasteiger partial charge in [0.1, 0.15) is 11.1 Å². The van der Waals surface area contributed by atoms with Gasteiger partial charge in [-0.3, -0.25) is 18.8 Å². The van der Waals surface area contributed by atoms with Gasteiger partial charge >= 0.3 is 5.97 Å². The number of esters is 1. The number of nitrogens with zero attached hydrogens (tertiary/aromatic N) is 3. The van der Waals surface area contributed by atoms with Crippen molar-refractivity contribution in [2.24, 2.45) is 5.41 Å². The summed E-state index contributed by atoms with van der Waals surface area (Å²) in [6, 6.07) is 19.1. The molecular weight excluding hydrogens is 719 g/mol. The van der Waals surface area contributed by atoms with Crippen LogP contribution in [0.2, 0.25) is 10.0 Å². The first-order chi connectivity index (χ1) is 25.7. The number of hydrogen-bond acceptors (Lipinski definition) is 10. The van der Waals surface area contributed by atoms with E-state index in [1.165, 1.54) is 11.5 Å². The number of nitrogens with one attached hydrogen (secondary N) is 3. The Morgan fingerprint density at radius 3 is 2.36 bits per heavy atom. The second-order valence-electron chi connectivity index (χ2n) is 13.2. The second-order valence-corrected chi connectivity index (χ2v) is 14.0. The molecule has 7 rings (SSSR count). The molecule has 2 saturated heterocycles. The lowest BCUT2D eigenvalue weighted by Gasteiger charge is -2.38. The lowest BCUT2D eigenvalue weighted by molar-refractivity contribution is -0.182. The fraction of sp³-hybridized carbons (Fsp3) is 0.308. The van der Waals surface area contributed by atoms with Crippen LogP contribution in [0.5, 0.6) is 5.88 Å². The van der Waals surface area contributed by atoms with E-state index in [9.17, 15) is 14.4 Å². The molecule has 5 heterocycles. The van der Waals surface area contributed by atoms with Crippen molar-refractivity contribution in [1.29, 1.82) is 0 Å². The van der Waals surface area contributed by atoms with Crippen LogP contribution in [0.1, 0.15) is 24.0 Å². The molecule has 2 aliphatic heterocycles. The quantitative estimate of drug-likeness (QED) is 0.140. The van der Waals surface area contributed by atoms with Crippen LogP contribution in [0.25, 0.3) is 39.2 Å². The largest absolute Gasteiger partial charge is 0.481 e. The van der Waals surface area contributed by atoms with Gasteiger partial charge in [-0.15, -0.1) is 0 Å². The summed E-state index contributed by atoms with van der Waals surface area (Å²) in [5.41, 5.74) is 5.20. The second kappa shape index (κ2) is 15.6. The Labute approximate surface area is 315 Å². The summed E-state index contributed by atoms with van der Waals surface area (Å²) >= 11 is 14.2. The number of halogens is 2. The van der Waals surface area contributed by atoms with E-state index in [1.807, 2.05) is 60.7 Å². The van der Waals surface area contributed by atoms with Crippen molar-refractivity contribution < 1.29 is 23.8 Å². The zero-order valence-electron chi connectivity index (χ0n) is 29.2. The maximum absolute atomic E-state index is 13.4. The monoisotopic (exact) mass is 756 g/mol. The molecule has 53 heavy (non-hydrogen) atoms. The molecule has 0 spiro atoms. The number of pyridine rings is 2. The molecule has 0 radical (unpaired) electrons. The lowest BCUT2D eigenvalue weighted by Crippen LogP contribution is -2.55. The van der Waals surface area contributed by atoms with E-state index in [0.717, 1.165) is 39.8 Å². The molecule has 2 fully saturated rings. The molecule has 0 unspecified atom stereocenters. The normalized spacial score (nSPS) is 16.3. The Bertz CT molecular complexity index is 2260. The fourth-order valence-corrected chi connectivity index (χ4v) is 7.40. The topological polar surface area (TPSA) is 145 Å². The van der Waals surface area contributed by atoms with Gasteiger partial charge in [-0.1, -0.05) is 65.7 Å². The maximum Gasteiger partial charge on any atom is 0.317 e. The molecule has 3 N–H and O–H groups in total. The average molecular weight is 758 g/mol. The lowest BCUT2D eigenvalue weighted by atomic mass is 9.86. The van der Waals surface area contributed by atoms with E-state index in [1.54, 1.807) is 19.5 Å². The van der Waals surface area contributed by atoms with Crippen molar-refractivity contribution >= 4 is 40.7 Å². The first-order valence-corrected chi connectivity index (χ1v) is 18.0. The third-order valence-electron chi connectivity index (χ3n) is 9.73. The van der Waals surface area contributed by atoms with Crippen LogP contribution < -0.4 is 26.2 Å². The van der Waals surface area contributed by atoms with Gasteiger partial charge in [0, 0.05) is 84.4 Å². The van der Waals surface area contributed by atoms with Crippen molar-refractivity contribution in [3.63, 3.8) is 0 Å². The van der Waals surface area contributed by atoms with Crippen molar-refractivity contribution in [3.05, 3.63) is 105 Å². The minimum atomic E-state index is -0.741. The van der Waals surface area contributed by atoms with E-state index in [2.05, 4.69) is 20.9 Å². The van der Waals surface area contributed by atoms with Gasteiger partial charge < -0.3 is 30.2 Å². The summed E-state index contributed by atoms with van der Waals surface area (Å²) in [5.74, 6) is 0.232. The molecule has 1 amide bonds. The highest BCUT2D eigenvalue weighted by Crippen LogP contribution is 2.42. The summed E-state index contributed by atoms with van der Waals surface area (Å²) < 4.78 is 17.3. The SMILES string of the molecule is COC(=O)C1(CNCc2cnc3cc(-c4cccc(-c5cccc(-c6ccc(CNC[C@H]7CCC(=O)N7)c(OC)n6)c5Cl)c4Cl)ccn3c2=O)COC1. The molecule has 1 atom stereocenters. The molecule has 12 nitrogen and oxygen atoms in total. The summed E-state index contributed by atoms with van der Waals surface area (Å²) in [5, 5.41) is 10.5. The number of carbonyl (C=O) groups excluding carboxylic acids is 2. The zero-order chi connectivity index (χ0) is 37.1. The summed E-state index contributed by atoms with van der Waals surface area (Å²) in [6.07, 6.45) is 4.61. The first kappa shape index (κ1) is 36.5. The third kappa shape index (κ3) is 7.38. The van der Waals surface area contributed by atoms with Crippen molar-refractivity contribution in [2.75, 3.05) is 40.5 Å². The van der Waals surface area contributed by atoms with E-state index in [-0.39, 0.29) is 43.2 Å². The summed E-state index contributed by atoms with van der Waals surface area (Å²) in [7, 11) is 2.94. The van der Waals surface area contributed by atoms with E-state index in [0.29, 0.717) is 58.9 Å². The molecule has 274 valence electrons. The van der Waals surface area contributed by atoms with E-state index in [4.69, 9.17) is 42.4 Å². The van der Waals surface area contributed by atoms with Crippen LogP contribution in [-0.2, 0) is 32.2 Å². The number of fused-ring (bicyclic) bond motifs is 1. The van der Waals surface area contributed by atoms with Gasteiger partial charge in [0.2, 0.25) is 11.8 Å².